The smallest absolute Gasteiger partial charge is 0.408 e. The van der Waals surface area contributed by atoms with Crippen LogP contribution in [0.3, 0.4) is 0 Å². The van der Waals surface area contributed by atoms with Crippen molar-refractivity contribution < 1.29 is 22.7 Å². The van der Waals surface area contributed by atoms with E-state index in [9.17, 15) is 18.0 Å². The first kappa shape index (κ1) is 14.6. The number of ether oxygens (including phenoxy) is 1. The Hall–Kier alpha value is -1.79. The molecular weight excluding hydrogens is 273 g/mol. The summed E-state index contributed by atoms with van der Waals surface area (Å²) in [4.78, 5) is 17.1. The van der Waals surface area contributed by atoms with Gasteiger partial charge in [-0.25, -0.2) is 4.98 Å². The Kier molecular flexibility index (Phi) is 4.15. The Labute approximate surface area is 114 Å². The number of carbonyl (C=O) groups is 1. The number of pyridine rings is 1. The van der Waals surface area contributed by atoms with Crippen LogP contribution < -0.4 is 4.74 Å². The van der Waals surface area contributed by atoms with Crippen LogP contribution in [0.5, 0.6) is 5.88 Å². The summed E-state index contributed by atoms with van der Waals surface area (Å²) >= 11 is 0. The summed E-state index contributed by atoms with van der Waals surface area (Å²) in [5.41, 5.74) is 0.0612. The van der Waals surface area contributed by atoms with Crippen LogP contribution in [-0.4, -0.2) is 41.7 Å². The van der Waals surface area contributed by atoms with Crippen molar-refractivity contribution >= 4 is 5.91 Å². The van der Waals surface area contributed by atoms with Crippen molar-refractivity contribution in [3.63, 3.8) is 0 Å². The van der Waals surface area contributed by atoms with Gasteiger partial charge in [-0.2, -0.15) is 13.2 Å². The molecule has 0 saturated carbocycles. The Morgan fingerprint density at radius 2 is 2.20 bits per heavy atom. The van der Waals surface area contributed by atoms with E-state index in [4.69, 9.17) is 4.74 Å². The van der Waals surface area contributed by atoms with Gasteiger partial charge in [0.25, 0.3) is 5.91 Å². The summed E-state index contributed by atoms with van der Waals surface area (Å²) in [6.07, 6.45) is -2.00. The van der Waals surface area contributed by atoms with E-state index >= 15 is 0 Å². The third kappa shape index (κ3) is 2.86. The van der Waals surface area contributed by atoms with Gasteiger partial charge >= 0.3 is 6.18 Å². The average Bonchev–Trinajstić information content (AvgIpc) is 2.45. The topological polar surface area (TPSA) is 42.4 Å². The van der Waals surface area contributed by atoms with Crippen LogP contribution in [0, 0.1) is 0 Å². The maximum absolute atomic E-state index is 13.0. The van der Waals surface area contributed by atoms with Crippen LogP contribution in [0.1, 0.15) is 29.6 Å². The molecule has 0 N–H and O–H groups in total. The largest absolute Gasteiger partial charge is 0.480 e. The highest BCUT2D eigenvalue weighted by atomic mass is 19.4. The summed E-state index contributed by atoms with van der Waals surface area (Å²) in [5, 5.41) is 0. The summed E-state index contributed by atoms with van der Waals surface area (Å²) < 4.78 is 44.0. The summed E-state index contributed by atoms with van der Waals surface area (Å²) in [7, 11) is 1.33. The first-order valence-corrected chi connectivity index (χ1v) is 6.32. The maximum atomic E-state index is 13.0. The van der Waals surface area contributed by atoms with Gasteiger partial charge in [-0.3, -0.25) is 4.79 Å². The van der Waals surface area contributed by atoms with Crippen LogP contribution in [0.15, 0.2) is 18.3 Å². The van der Waals surface area contributed by atoms with Crippen LogP contribution in [0.2, 0.25) is 0 Å². The Balaban J connectivity index is 2.30. The molecule has 2 rings (SSSR count). The van der Waals surface area contributed by atoms with Gasteiger partial charge in [0.2, 0.25) is 5.88 Å². The van der Waals surface area contributed by atoms with E-state index in [-0.39, 0.29) is 24.4 Å². The highest BCUT2D eigenvalue weighted by Gasteiger charge is 2.46. The summed E-state index contributed by atoms with van der Waals surface area (Å²) in [6.45, 7) is 0.0983. The number of amides is 1. The van der Waals surface area contributed by atoms with Gasteiger partial charge in [0.15, 0.2) is 0 Å². The maximum Gasteiger partial charge on any atom is 0.408 e. The second-order valence-corrected chi connectivity index (χ2v) is 4.61. The number of halogens is 3. The predicted molar refractivity (Wildman–Crippen MR) is 65.5 cm³/mol. The molecule has 20 heavy (non-hydrogen) atoms. The van der Waals surface area contributed by atoms with E-state index in [2.05, 4.69) is 4.98 Å². The van der Waals surface area contributed by atoms with Gasteiger partial charge < -0.3 is 9.64 Å². The number of rotatable bonds is 2. The molecule has 1 aromatic rings. The van der Waals surface area contributed by atoms with Crippen molar-refractivity contribution in [3.8, 4) is 5.88 Å². The molecule has 1 aliphatic rings. The standard InChI is InChI=1S/C13H15F3N2O2/c1-20-11-9(5-4-7-17-11)12(19)18-8-3-2-6-10(18)13(14,15)16/h4-5,7,10H,2-3,6,8H2,1H3. The van der Waals surface area contributed by atoms with Crippen molar-refractivity contribution in [2.24, 2.45) is 0 Å². The number of likely N-dealkylation sites (tertiary alicyclic amines) is 1. The molecule has 7 heteroatoms. The molecule has 1 unspecified atom stereocenters. The average molecular weight is 288 g/mol. The fourth-order valence-corrected chi connectivity index (χ4v) is 2.39. The number of hydrogen-bond acceptors (Lipinski definition) is 3. The zero-order chi connectivity index (χ0) is 14.8. The number of hydrogen-bond donors (Lipinski definition) is 0. The quantitative estimate of drug-likeness (QED) is 0.840. The van der Waals surface area contributed by atoms with E-state index < -0.39 is 18.1 Å². The number of alkyl halides is 3. The summed E-state index contributed by atoms with van der Waals surface area (Å²) in [5.74, 6) is -0.638. The van der Waals surface area contributed by atoms with Crippen molar-refractivity contribution in [1.82, 2.24) is 9.88 Å². The van der Waals surface area contributed by atoms with Gasteiger partial charge in [-0.15, -0.1) is 0 Å². The third-order valence-electron chi connectivity index (χ3n) is 3.34. The highest BCUT2D eigenvalue weighted by molar-refractivity contribution is 5.96. The zero-order valence-corrected chi connectivity index (χ0v) is 11.0. The Bertz CT molecular complexity index is 491. The lowest BCUT2D eigenvalue weighted by molar-refractivity contribution is -0.183. The number of nitrogens with zero attached hydrogens (tertiary/aromatic N) is 2. The highest BCUT2D eigenvalue weighted by Crippen LogP contribution is 2.33. The molecule has 4 nitrogen and oxygen atoms in total. The molecule has 0 aromatic carbocycles. The number of piperidine rings is 1. The fraction of sp³-hybridized carbons (Fsp3) is 0.538. The minimum absolute atomic E-state index is 0.0454. The first-order chi connectivity index (χ1) is 9.45. The van der Waals surface area contributed by atoms with E-state index in [0.717, 1.165) is 4.90 Å². The first-order valence-electron chi connectivity index (χ1n) is 6.32. The molecule has 0 radical (unpaired) electrons. The van der Waals surface area contributed by atoms with E-state index in [1.54, 1.807) is 0 Å². The number of methoxy groups -OCH3 is 1. The van der Waals surface area contributed by atoms with Gasteiger partial charge in [0.1, 0.15) is 11.6 Å². The van der Waals surface area contributed by atoms with E-state index in [1.807, 2.05) is 0 Å². The Morgan fingerprint density at radius 1 is 1.45 bits per heavy atom. The molecule has 1 amide bonds. The number of carbonyl (C=O) groups excluding carboxylic acids is 1. The van der Waals surface area contributed by atoms with Gasteiger partial charge in [-0.1, -0.05) is 0 Å². The molecule has 1 aromatic heterocycles. The van der Waals surface area contributed by atoms with Crippen LogP contribution >= 0.6 is 0 Å². The van der Waals surface area contributed by atoms with E-state index in [0.29, 0.717) is 12.8 Å². The molecule has 2 heterocycles. The van der Waals surface area contributed by atoms with Gasteiger partial charge in [0.05, 0.1) is 7.11 Å². The normalized spacial score (nSPS) is 19.8. The number of aromatic nitrogens is 1. The van der Waals surface area contributed by atoms with Crippen molar-refractivity contribution in [2.45, 2.75) is 31.5 Å². The molecular formula is C13H15F3N2O2. The van der Waals surface area contributed by atoms with Crippen LogP contribution in [0.4, 0.5) is 13.2 Å². The van der Waals surface area contributed by atoms with Crippen LogP contribution in [0.25, 0.3) is 0 Å². The van der Waals surface area contributed by atoms with Crippen LogP contribution in [-0.2, 0) is 0 Å². The fourth-order valence-electron chi connectivity index (χ4n) is 2.39. The third-order valence-corrected chi connectivity index (χ3v) is 3.34. The predicted octanol–water partition coefficient (Wildman–Crippen LogP) is 2.65. The van der Waals surface area contributed by atoms with Gasteiger partial charge in [-0.05, 0) is 31.4 Å². The lowest BCUT2D eigenvalue weighted by Crippen LogP contribution is -2.51. The zero-order valence-electron chi connectivity index (χ0n) is 11.0. The molecule has 110 valence electrons. The molecule has 1 fully saturated rings. The molecule has 1 atom stereocenters. The molecule has 0 bridgehead atoms. The van der Waals surface area contributed by atoms with Crippen molar-refractivity contribution in [3.05, 3.63) is 23.9 Å². The molecule has 0 aliphatic carbocycles. The van der Waals surface area contributed by atoms with Gasteiger partial charge in [0, 0.05) is 12.7 Å². The summed E-state index contributed by atoms with van der Waals surface area (Å²) in [6, 6.07) is 1.20. The minimum Gasteiger partial charge on any atom is -0.480 e. The Morgan fingerprint density at radius 3 is 2.85 bits per heavy atom. The second kappa shape index (κ2) is 5.68. The SMILES string of the molecule is COc1ncccc1C(=O)N1CCCCC1C(F)(F)F. The lowest BCUT2D eigenvalue weighted by atomic mass is 10.0. The minimum atomic E-state index is -4.41. The molecule has 1 aliphatic heterocycles. The lowest BCUT2D eigenvalue weighted by Gasteiger charge is -2.36. The molecule has 1 saturated heterocycles. The molecule has 0 spiro atoms. The van der Waals surface area contributed by atoms with E-state index in [1.165, 1.54) is 25.4 Å². The van der Waals surface area contributed by atoms with Crippen molar-refractivity contribution in [2.75, 3.05) is 13.7 Å². The monoisotopic (exact) mass is 288 g/mol. The second-order valence-electron chi connectivity index (χ2n) is 4.61. The van der Waals surface area contributed by atoms with Crippen molar-refractivity contribution in [1.29, 1.82) is 0 Å².